The molecule has 0 bridgehead atoms. The van der Waals surface area contributed by atoms with Crippen LogP contribution in [0, 0.1) is 11.3 Å². The molecule has 0 unspecified atom stereocenters. The van der Waals surface area contributed by atoms with E-state index >= 15 is 0 Å². The Morgan fingerprint density at radius 3 is 2.68 bits per heavy atom. The molecular weight excluding hydrogens is 250 g/mol. The fourth-order valence-corrected chi connectivity index (χ4v) is 1.27. The molecular formula is C13H11NO5. The van der Waals surface area contributed by atoms with Gasteiger partial charge in [0.15, 0.2) is 6.61 Å². The predicted molar refractivity (Wildman–Crippen MR) is 65.2 cm³/mol. The Labute approximate surface area is 109 Å². The van der Waals surface area contributed by atoms with Gasteiger partial charge in [0.05, 0.1) is 7.11 Å². The van der Waals surface area contributed by atoms with Crippen LogP contribution in [0.4, 0.5) is 0 Å². The smallest absolute Gasteiger partial charge is 0.348 e. The largest absolute Gasteiger partial charge is 0.481 e. The summed E-state index contributed by atoms with van der Waals surface area (Å²) in [4.78, 5) is 21.7. The topological polar surface area (TPSA) is 96.6 Å². The summed E-state index contributed by atoms with van der Waals surface area (Å²) in [6, 6.07) is 8.17. The number of methoxy groups -OCH3 is 1. The van der Waals surface area contributed by atoms with E-state index in [0.717, 1.165) is 0 Å². The molecule has 0 fully saturated rings. The van der Waals surface area contributed by atoms with Crippen LogP contribution >= 0.6 is 0 Å². The van der Waals surface area contributed by atoms with Gasteiger partial charge in [-0.1, -0.05) is 18.2 Å². The number of nitrogens with zero attached hydrogens (tertiary/aromatic N) is 1. The molecule has 19 heavy (non-hydrogen) atoms. The number of hydrogen-bond acceptors (Lipinski definition) is 5. The van der Waals surface area contributed by atoms with Gasteiger partial charge in [0.1, 0.15) is 17.4 Å². The molecule has 0 aliphatic heterocycles. The molecule has 1 N–H and O–H groups in total. The second-order valence-corrected chi connectivity index (χ2v) is 3.38. The van der Waals surface area contributed by atoms with E-state index in [0.29, 0.717) is 5.56 Å². The van der Waals surface area contributed by atoms with Crippen LogP contribution in [-0.2, 0) is 14.3 Å². The highest BCUT2D eigenvalue weighted by Gasteiger charge is 2.11. The fraction of sp³-hybridized carbons (Fsp3) is 0.154. The Bertz CT molecular complexity index is 556. The molecule has 0 aromatic heterocycles. The maximum Gasteiger partial charge on any atom is 0.348 e. The first-order valence-corrected chi connectivity index (χ1v) is 5.22. The lowest BCUT2D eigenvalue weighted by Gasteiger charge is -2.07. The lowest BCUT2D eigenvalue weighted by Crippen LogP contribution is -2.10. The lowest BCUT2D eigenvalue weighted by atomic mass is 10.1. The standard InChI is InChI=1S/C13H11NO5/c1-18-13(17)10(7-14)6-9-4-2-3-5-11(9)19-8-12(15)16/h2-6H,8H2,1H3,(H,15,16). The monoisotopic (exact) mass is 261 g/mol. The van der Waals surface area contributed by atoms with Gasteiger partial charge >= 0.3 is 11.9 Å². The molecule has 0 amide bonds. The zero-order valence-corrected chi connectivity index (χ0v) is 10.1. The average molecular weight is 261 g/mol. The number of benzene rings is 1. The van der Waals surface area contributed by atoms with Crippen molar-refractivity contribution in [3.63, 3.8) is 0 Å². The molecule has 1 aromatic rings. The number of carbonyl (C=O) groups excluding carboxylic acids is 1. The number of carboxylic acids is 1. The molecule has 1 rings (SSSR count). The Balaban J connectivity index is 3.06. The Morgan fingerprint density at radius 1 is 1.42 bits per heavy atom. The van der Waals surface area contributed by atoms with Gasteiger partial charge in [0, 0.05) is 5.56 Å². The van der Waals surface area contributed by atoms with Gasteiger partial charge in [0.25, 0.3) is 0 Å². The molecule has 0 saturated heterocycles. The number of ether oxygens (including phenoxy) is 2. The summed E-state index contributed by atoms with van der Waals surface area (Å²) < 4.78 is 9.50. The summed E-state index contributed by atoms with van der Waals surface area (Å²) in [5.41, 5.74) is 0.222. The van der Waals surface area contributed by atoms with Crippen LogP contribution in [0.2, 0.25) is 0 Å². The number of hydrogen-bond donors (Lipinski definition) is 1. The van der Waals surface area contributed by atoms with Crippen molar-refractivity contribution >= 4 is 18.0 Å². The number of aliphatic carboxylic acids is 1. The van der Waals surface area contributed by atoms with Crippen molar-refractivity contribution in [1.82, 2.24) is 0 Å². The van der Waals surface area contributed by atoms with Crippen molar-refractivity contribution in [2.24, 2.45) is 0 Å². The Kier molecular flexibility index (Phi) is 5.11. The maximum atomic E-state index is 11.3. The van der Waals surface area contributed by atoms with Gasteiger partial charge in [-0.15, -0.1) is 0 Å². The number of rotatable bonds is 5. The molecule has 0 heterocycles. The number of esters is 1. The first-order chi connectivity index (χ1) is 9.08. The van der Waals surface area contributed by atoms with Crippen molar-refractivity contribution in [3.8, 4) is 11.8 Å². The highest BCUT2D eigenvalue weighted by Crippen LogP contribution is 2.21. The molecule has 0 spiro atoms. The summed E-state index contributed by atoms with van der Waals surface area (Å²) in [5.74, 6) is -1.62. The van der Waals surface area contributed by atoms with Crippen molar-refractivity contribution in [1.29, 1.82) is 5.26 Å². The minimum absolute atomic E-state index is 0.200. The molecule has 98 valence electrons. The zero-order chi connectivity index (χ0) is 14.3. The van der Waals surface area contributed by atoms with Crippen molar-refractivity contribution in [3.05, 3.63) is 35.4 Å². The average Bonchev–Trinajstić information content (AvgIpc) is 2.42. The minimum Gasteiger partial charge on any atom is -0.481 e. The van der Waals surface area contributed by atoms with Gasteiger partial charge in [-0.25, -0.2) is 9.59 Å². The molecule has 1 aromatic carbocycles. The second-order valence-electron chi connectivity index (χ2n) is 3.38. The molecule has 6 nitrogen and oxygen atoms in total. The van der Waals surface area contributed by atoms with Gasteiger partial charge in [-0.3, -0.25) is 0 Å². The first kappa shape index (κ1) is 14.3. The molecule has 0 aliphatic carbocycles. The second kappa shape index (κ2) is 6.81. The van der Waals surface area contributed by atoms with E-state index in [1.54, 1.807) is 30.3 Å². The van der Waals surface area contributed by atoms with E-state index in [-0.39, 0.29) is 11.3 Å². The third kappa shape index (κ3) is 4.16. The maximum absolute atomic E-state index is 11.3. The highest BCUT2D eigenvalue weighted by molar-refractivity contribution is 5.98. The SMILES string of the molecule is COC(=O)C(C#N)=Cc1ccccc1OCC(=O)O. The Morgan fingerprint density at radius 2 is 2.11 bits per heavy atom. The number of para-hydroxylation sites is 1. The summed E-state index contributed by atoms with van der Waals surface area (Å²) >= 11 is 0. The van der Waals surface area contributed by atoms with Crippen LogP contribution in [0.25, 0.3) is 6.08 Å². The van der Waals surface area contributed by atoms with E-state index < -0.39 is 18.5 Å². The van der Waals surface area contributed by atoms with Gasteiger partial charge in [0.2, 0.25) is 0 Å². The van der Waals surface area contributed by atoms with Crippen LogP contribution in [0.1, 0.15) is 5.56 Å². The van der Waals surface area contributed by atoms with E-state index in [2.05, 4.69) is 4.74 Å². The number of carboxylic acid groups (broad SMARTS) is 1. The molecule has 6 heteroatoms. The highest BCUT2D eigenvalue weighted by atomic mass is 16.5. The predicted octanol–water partition coefficient (Wildman–Crippen LogP) is 1.23. The Hall–Kier alpha value is -2.81. The van der Waals surface area contributed by atoms with Crippen LogP contribution in [-0.4, -0.2) is 30.8 Å². The van der Waals surface area contributed by atoms with Gasteiger partial charge in [-0.05, 0) is 12.1 Å². The quantitative estimate of drug-likeness (QED) is 0.486. The van der Waals surface area contributed by atoms with E-state index in [9.17, 15) is 9.59 Å². The van der Waals surface area contributed by atoms with Crippen LogP contribution in [0.3, 0.4) is 0 Å². The molecule has 0 aliphatic rings. The molecule has 0 saturated carbocycles. The van der Waals surface area contributed by atoms with Crippen molar-refractivity contribution in [2.75, 3.05) is 13.7 Å². The third-order valence-corrected chi connectivity index (χ3v) is 2.10. The first-order valence-electron chi connectivity index (χ1n) is 5.22. The summed E-state index contributed by atoms with van der Waals surface area (Å²) in [7, 11) is 1.17. The number of carbonyl (C=O) groups is 2. The fourth-order valence-electron chi connectivity index (χ4n) is 1.27. The van der Waals surface area contributed by atoms with Crippen molar-refractivity contribution < 1.29 is 24.2 Å². The summed E-state index contributed by atoms with van der Waals surface area (Å²) in [6.45, 7) is -0.509. The molecule has 0 radical (unpaired) electrons. The lowest BCUT2D eigenvalue weighted by molar-refractivity contribution is -0.139. The van der Waals surface area contributed by atoms with Crippen molar-refractivity contribution in [2.45, 2.75) is 0 Å². The summed E-state index contributed by atoms with van der Waals surface area (Å²) in [6.07, 6.45) is 1.28. The normalized spacial score (nSPS) is 10.4. The van der Waals surface area contributed by atoms with Crippen LogP contribution < -0.4 is 4.74 Å². The van der Waals surface area contributed by atoms with E-state index in [4.69, 9.17) is 15.1 Å². The van der Waals surface area contributed by atoms with E-state index in [1.807, 2.05) is 0 Å². The van der Waals surface area contributed by atoms with Crippen LogP contribution in [0.5, 0.6) is 5.75 Å². The van der Waals surface area contributed by atoms with Gasteiger partial charge in [-0.2, -0.15) is 5.26 Å². The third-order valence-electron chi connectivity index (χ3n) is 2.10. The van der Waals surface area contributed by atoms with Gasteiger partial charge < -0.3 is 14.6 Å². The van der Waals surface area contributed by atoms with Crippen LogP contribution in [0.15, 0.2) is 29.8 Å². The van der Waals surface area contributed by atoms with E-state index in [1.165, 1.54) is 13.2 Å². The summed E-state index contributed by atoms with van der Waals surface area (Å²) in [5, 5.41) is 17.4. The zero-order valence-electron chi connectivity index (χ0n) is 10.1. The molecule has 0 atom stereocenters. The minimum atomic E-state index is -1.12. The number of nitriles is 1.